The molecule has 0 fully saturated rings. The van der Waals surface area contributed by atoms with Crippen LogP contribution in [0.25, 0.3) is 16.5 Å². The van der Waals surface area contributed by atoms with E-state index in [1.165, 1.54) is 0 Å². The summed E-state index contributed by atoms with van der Waals surface area (Å²) in [5.41, 5.74) is 5.66. The molecular weight excluding hydrogens is 420 g/mol. The van der Waals surface area contributed by atoms with Crippen molar-refractivity contribution in [3.63, 3.8) is 0 Å². The number of hydrogen-bond donors (Lipinski definition) is 0. The molecule has 1 atom stereocenters. The van der Waals surface area contributed by atoms with Crippen molar-refractivity contribution in [1.29, 1.82) is 0 Å². The van der Waals surface area contributed by atoms with Crippen molar-refractivity contribution in [3.8, 4) is 0 Å². The van der Waals surface area contributed by atoms with Gasteiger partial charge in [0.2, 0.25) is 0 Å². The molecule has 1 aromatic heterocycles. The van der Waals surface area contributed by atoms with Crippen molar-refractivity contribution < 1.29 is 13.2 Å². The number of fused-ring (bicyclic) bond motifs is 5. The van der Waals surface area contributed by atoms with E-state index in [4.69, 9.17) is 0 Å². The SMILES string of the molecule is C=CCC1=C2c3ccc4c(cnn4S(=O)(=O)c4ccc(C)cc4)c3CC2(CC)CCC1=O. The van der Waals surface area contributed by atoms with Gasteiger partial charge in [0.1, 0.15) is 0 Å². The van der Waals surface area contributed by atoms with Gasteiger partial charge in [-0.25, -0.2) is 0 Å². The van der Waals surface area contributed by atoms with Crippen molar-refractivity contribution >= 4 is 32.3 Å². The Morgan fingerprint density at radius 1 is 1.19 bits per heavy atom. The number of Topliss-reactive ketones (excluding diaryl/α,β-unsaturated/α-hetero) is 1. The summed E-state index contributed by atoms with van der Waals surface area (Å²) >= 11 is 0. The van der Waals surface area contributed by atoms with E-state index in [1.807, 2.05) is 19.1 Å². The van der Waals surface area contributed by atoms with Gasteiger partial charge in [-0.3, -0.25) is 4.79 Å². The van der Waals surface area contributed by atoms with Crippen molar-refractivity contribution in [2.24, 2.45) is 5.41 Å². The van der Waals surface area contributed by atoms with Gasteiger partial charge in [-0.2, -0.15) is 17.6 Å². The summed E-state index contributed by atoms with van der Waals surface area (Å²) in [6, 6.07) is 10.6. The third kappa shape index (κ3) is 2.85. The molecule has 0 bridgehead atoms. The number of carbonyl (C=O) groups is 1. The van der Waals surface area contributed by atoms with Crippen LogP contribution in [-0.4, -0.2) is 23.4 Å². The number of aromatic nitrogens is 2. The number of ketones is 1. The molecule has 0 N–H and O–H groups in total. The van der Waals surface area contributed by atoms with Crippen molar-refractivity contribution in [2.45, 2.75) is 50.8 Å². The fourth-order valence-electron chi connectivity index (χ4n) is 5.45. The third-order valence-electron chi connectivity index (χ3n) is 7.19. The Bertz CT molecular complexity index is 1410. The molecule has 0 spiro atoms. The molecule has 6 heteroatoms. The monoisotopic (exact) mass is 446 g/mol. The maximum atomic E-state index is 13.3. The normalized spacial score (nSPS) is 20.5. The minimum Gasteiger partial charge on any atom is -0.295 e. The second-order valence-corrected chi connectivity index (χ2v) is 10.7. The molecule has 5 nitrogen and oxygen atoms in total. The van der Waals surface area contributed by atoms with Gasteiger partial charge in [0.05, 0.1) is 16.6 Å². The summed E-state index contributed by atoms with van der Waals surface area (Å²) in [5, 5.41) is 5.15. The second kappa shape index (κ2) is 7.27. The predicted molar refractivity (Wildman–Crippen MR) is 126 cm³/mol. The van der Waals surface area contributed by atoms with E-state index < -0.39 is 10.0 Å². The third-order valence-corrected chi connectivity index (χ3v) is 8.80. The summed E-state index contributed by atoms with van der Waals surface area (Å²) in [6.45, 7) is 7.95. The van der Waals surface area contributed by atoms with Gasteiger partial charge in [-0.15, -0.1) is 6.58 Å². The van der Waals surface area contributed by atoms with E-state index in [0.717, 1.165) is 56.6 Å². The average molecular weight is 447 g/mol. The highest BCUT2D eigenvalue weighted by atomic mass is 32.2. The summed E-state index contributed by atoms with van der Waals surface area (Å²) < 4.78 is 27.7. The minimum absolute atomic E-state index is 0.0825. The zero-order chi connectivity index (χ0) is 22.7. The molecule has 164 valence electrons. The number of allylic oxidation sites excluding steroid dienone is 3. The molecule has 2 aliphatic carbocycles. The van der Waals surface area contributed by atoms with Crippen molar-refractivity contribution in [2.75, 3.05) is 0 Å². The second-order valence-electron chi connectivity index (χ2n) is 8.91. The van der Waals surface area contributed by atoms with Crippen LogP contribution in [0, 0.1) is 12.3 Å². The zero-order valence-electron chi connectivity index (χ0n) is 18.4. The minimum atomic E-state index is -3.81. The smallest absolute Gasteiger partial charge is 0.283 e. The summed E-state index contributed by atoms with van der Waals surface area (Å²) in [7, 11) is -3.81. The molecule has 1 unspecified atom stereocenters. The molecule has 1 heterocycles. The highest BCUT2D eigenvalue weighted by molar-refractivity contribution is 7.90. The van der Waals surface area contributed by atoms with Gasteiger partial charge in [0, 0.05) is 22.8 Å². The molecule has 0 saturated heterocycles. The van der Waals surface area contributed by atoms with Crippen LogP contribution < -0.4 is 0 Å². The first-order chi connectivity index (χ1) is 15.3. The number of nitrogens with zero attached hydrogens (tertiary/aromatic N) is 2. The molecule has 0 amide bonds. The molecule has 2 aromatic carbocycles. The molecule has 0 saturated carbocycles. The van der Waals surface area contributed by atoms with Crippen LogP contribution in [0.3, 0.4) is 0 Å². The summed E-state index contributed by atoms with van der Waals surface area (Å²) in [6.07, 6.45) is 7.14. The van der Waals surface area contributed by atoms with Gasteiger partial charge in [-0.1, -0.05) is 36.8 Å². The number of aryl methyl sites for hydroxylation is 1. The Morgan fingerprint density at radius 3 is 2.62 bits per heavy atom. The van der Waals surface area contributed by atoms with Crippen molar-refractivity contribution in [3.05, 3.63) is 77.5 Å². The van der Waals surface area contributed by atoms with Crippen LogP contribution >= 0.6 is 0 Å². The standard InChI is InChI=1S/C26H26N2O3S/c1-4-6-20-24(29)13-14-26(5-2)15-21-19(25(20)26)11-12-23-22(21)16-27-28(23)32(30,31)18-9-7-17(3)8-10-18/h4,7-12,16H,1,5-6,13-15H2,2-3H3. The maximum absolute atomic E-state index is 13.3. The van der Waals surface area contributed by atoms with Crippen molar-refractivity contribution in [1.82, 2.24) is 9.19 Å². The Kier molecular flexibility index (Phi) is 4.75. The lowest BCUT2D eigenvalue weighted by Gasteiger charge is -2.35. The highest BCUT2D eigenvalue weighted by Crippen LogP contribution is 2.57. The lowest BCUT2D eigenvalue weighted by Crippen LogP contribution is -2.28. The number of rotatable bonds is 5. The maximum Gasteiger partial charge on any atom is 0.283 e. The lowest BCUT2D eigenvalue weighted by atomic mass is 9.68. The zero-order valence-corrected chi connectivity index (χ0v) is 19.2. The lowest BCUT2D eigenvalue weighted by molar-refractivity contribution is -0.116. The van der Waals surface area contributed by atoms with E-state index in [0.29, 0.717) is 18.4 Å². The van der Waals surface area contributed by atoms with E-state index >= 15 is 0 Å². The van der Waals surface area contributed by atoms with Crippen LogP contribution in [0.2, 0.25) is 0 Å². The topological polar surface area (TPSA) is 69.0 Å². The average Bonchev–Trinajstić information content (AvgIpc) is 3.36. The van der Waals surface area contributed by atoms with E-state index in [9.17, 15) is 13.2 Å². The Balaban J connectivity index is 1.72. The number of carbonyl (C=O) groups excluding carboxylic acids is 1. The molecule has 5 rings (SSSR count). The number of benzene rings is 2. The molecule has 2 aliphatic rings. The predicted octanol–water partition coefficient (Wildman–Crippen LogP) is 5.23. The van der Waals surface area contributed by atoms with Crippen LogP contribution in [0.5, 0.6) is 0 Å². The van der Waals surface area contributed by atoms with E-state index in [2.05, 4.69) is 18.6 Å². The van der Waals surface area contributed by atoms with Crippen LogP contribution in [0.15, 0.2) is 65.7 Å². The van der Waals surface area contributed by atoms with E-state index in [-0.39, 0.29) is 16.1 Å². The van der Waals surface area contributed by atoms with Crippen LogP contribution in [0.4, 0.5) is 0 Å². The van der Waals surface area contributed by atoms with Gasteiger partial charge >= 0.3 is 0 Å². The molecule has 0 aliphatic heterocycles. The summed E-state index contributed by atoms with van der Waals surface area (Å²) in [5.74, 6) is 0.203. The fourth-order valence-corrected chi connectivity index (χ4v) is 6.72. The van der Waals surface area contributed by atoms with Crippen LogP contribution in [-0.2, 0) is 21.2 Å². The highest BCUT2D eigenvalue weighted by Gasteiger charge is 2.46. The van der Waals surface area contributed by atoms with Gasteiger partial charge in [-0.05, 0) is 67.5 Å². The number of hydrogen-bond acceptors (Lipinski definition) is 4. The Hall–Kier alpha value is -2.99. The molecule has 32 heavy (non-hydrogen) atoms. The quantitative estimate of drug-likeness (QED) is 0.504. The Morgan fingerprint density at radius 2 is 1.94 bits per heavy atom. The first-order valence-electron chi connectivity index (χ1n) is 11.0. The fraction of sp³-hybridized carbons (Fsp3) is 0.308. The molecule has 0 radical (unpaired) electrons. The first kappa shape index (κ1) is 20.9. The van der Waals surface area contributed by atoms with Gasteiger partial charge in [0.15, 0.2) is 5.78 Å². The summed E-state index contributed by atoms with van der Waals surface area (Å²) in [4.78, 5) is 13.0. The first-order valence-corrected chi connectivity index (χ1v) is 12.5. The van der Waals surface area contributed by atoms with E-state index in [1.54, 1.807) is 36.5 Å². The molecular formula is C26H26N2O3S. The Labute approximate surface area is 188 Å². The van der Waals surface area contributed by atoms with Gasteiger partial charge < -0.3 is 0 Å². The molecule has 3 aromatic rings. The largest absolute Gasteiger partial charge is 0.295 e. The van der Waals surface area contributed by atoms with Crippen LogP contribution in [0.1, 0.15) is 49.3 Å². The van der Waals surface area contributed by atoms with Gasteiger partial charge in [0.25, 0.3) is 10.0 Å².